The second-order valence-corrected chi connectivity index (χ2v) is 4.81. The van der Waals surface area contributed by atoms with Crippen LogP contribution in [-0.2, 0) is 4.79 Å². The summed E-state index contributed by atoms with van der Waals surface area (Å²) in [5.41, 5.74) is 2.41. The maximum atomic E-state index is 12.3. The second-order valence-electron chi connectivity index (χ2n) is 4.81. The maximum Gasteiger partial charge on any atom is 0.162 e. The molecule has 0 spiro atoms. The zero-order valence-corrected chi connectivity index (χ0v) is 10.2. The summed E-state index contributed by atoms with van der Waals surface area (Å²) >= 11 is 0. The lowest BCUT2D eigenvalue weighted by Crippen LogP contribution is -2.21. The van der Waals surface area contributed by atoms with Crippen LogP contribution < -0.4 is 0 Å². The average Bonchev–Trinajstić information content (AvgIpc) is 2.97. The predicted molar refractivity (Wildman–Crippen MR) is 67.1 cm³/mol. The van der Waals surface area contributed by atoms with Crippen molar-refractivity contribution in [1.29, 1.82) is 0 Å². The van der Waals surface area contributed by atoms with Crippen molar-refractivity contribution < 1.29 is 4.79 Å². The minimum Gasteiger partial charge on any atom is -0.294 e. The topological polar surface area (TPSA) is 17.1 Å². The summed E-state index contributed by atoms with van der Waals surface area (Å²) in [4.78, 5) is 12.3. The third-order valence-electron chi connectivity index (χ3n) is 3.84. The van der Waals surface area contributed by atoms with Crippen LogP contribution in [0.1, 0.15) is 39.5 Å². The molecule has 2 atom stereocenters. The highest BCUT2D eigenvalue weighted by molar-refractivity contribution is 5.98. The van der Waals surface area contributed by atoms with Crippen molar-refractivity contribution in [1.82, 2.24) is 0 Å². The van der Waals surface area contributed by atoms with E-state index in [4.69, 9.17) is 0 Å². The lowest BCUT2D eigenvalue weighted by Gasteiger charge is -2.19. The first-order valence-electron chi connectivity index (χ1n) is 6.26. The van der Waals surface area contributed by atoms with Crippen LogP contribution >= 0.6 is 0 Å². The van der Waals surface area contributed by atoms with Crippen LogP contribution in [0.4, 0.5) is 0 Å². The third-order valence-corrected chi connectivity index (χ3v) is 3.84. The summed E-state index contributed by atoms with van der Waals surface area (Å²) in [5.74, 6) is 0.924. The van der Waals surface area contributed by atoms with Crippen molar-refractivity contribution in [2.75, 3.05) is 0 Å². The van der Waals surface area contributed by atoms with E-state index >= 15 is 0 Å². The first-order chi connectivity index (χ1) is 7.74. The molecule has 2 aliphatic rings. The molecule has 0 aromatic heterocycles. The first kappa shape index (κ1) is 11.4. The van der Waals surface area contributed by atoms with E-state index in [1.165, 1.54) is 5.57 Å². The fourth-order valence-electron chi connectivity index (χ4n) is 2.72. The van der Waals surface area contributed by atoms with Gasteiger partial charge in [-0.25, -0.2) is 0 Å². The molecule has 0 aliphatic heterocycles. The SMILES string of the molecule is C/C=C(/C)C1C=CCC1C(=O)C1=CCCC1. The number of Topliss-reactive ketones (excluding diaryl/α,β-unsaturated/α-hetero) is 1. The van der Waals surface area contributed by atoms with Crippen LogP contribution in [0.25, 0.3) is 0 Å². The summed E-state index contributed by atoms with van der Waals surface area (Å²) in [7, 11) is 0. The number of ketones is 1. The molecule has 0 saturated carbocycles. The molecular formula is C15H20O. The Bertz CT molecular complexity index is 371. The highest BCUT2D eigenvalue weighted by Gasteiger charge is 2.32. The lowest BCUT2D eigenvalue weighted by atomic mass is 9.83. The molecule has 86 valence electrons. The Morgan fingerprint density at radius 2 is 2.31 bits per heavy atom. The van der Waals surface area contributed by atoms with Gasteiger partial charge in [-0.1, -0.05) is 29.9 Å². The number of rotatable bonds is 3. The van der Waals surface area contributed by atoms with E-state index in [2.05, 4.69) is 38.2 Å². The van der Waals surface area contributed by atoms with Crippen molar-refractivity contribution in [3.8, 4) is 0 Å². The molecule has 0 amide bonds. The Morgan fingerprint density at radius 3 is 2.94 bits per heavy atom. The van der Waals surface area contributed by atoms with Gasteiger partial charge in [0.05, 0.1) is 0 Å². The van der Waals surface area contributed by atoms with Crippen molar-refractivity contribution in [2.45, 2.75) is 39.5 Å². The predicted octanol–water partition coefficient (Wildman–Crippen LogP) is 3.82. The highest BCUT2D eigenvalue weighted by Crippen LogP contribution is 2.35. The Balaban J connectivity index is 2.12. The molecule has 0 radical (unpaired) electrons. The standard InChI is InChI=1S/C15H20O/c1-3-11(2)13-9-6-10-14(13)15(16)12-7-4-5-8-12/h3,6-7,9,13-14H,4-5,8,10H2,1-2H3/b11-3-. The van der Waals surface area contributed by atoms with Gasteiger partial charge in [0.25, 0.3) is 0 Å². The molecule has 0 fully saturated rings. The van der Waals surface area contributed by atoms with E-state index < -0.39 is 0 Å². The van der Waals surface area contributed by atoms with Crippen LogP contribution in [0.3, 0.4) is 0 Å². The average molecular weight is 216 g/mol. The van der Waals surface area contributed by atoms with Crippen LogP contribution in [0, 0.1) is 11.8 Å². The van der Waals surface area contributed by atoms with E-state index in [0.29, 0.717) is 11.7 Å². The van der Waals surface area contributed by atoms with E-state index in [0.717, 1.165) is 31.3 Å². The molecule has 1 nitrogen and oxygen atoms in total. The van der Waals surface area contributed by atoms with Gasteiger partial charge in [-0.05, 0) is 45.1 Å². The van der Waals surface area contributed by atoms with E-state index in [-0.39, 0.29) is 5.92 Å². The summed E-state index contributed by atoms with van der Waals surface area (Å²) < 4.78 is 0. The van der Waals surface area contributed by atoms with Crippen LogP contribution in [0.15, 0.2) is 35.5 Å². The third kappa shape index (κ3) is 2.04. The van der Waals surface area contributed by atoms with Crippen molar-refractivity contribution >= 4 is 5.78 Å². The molecular weight excluding hydrogens is 196 g/mol. The van der Waals surface area contributed by atoms with Gasteiger partial charge < -0.3 is 0 Å². The monoisotopic (exact) mass is 216 g/mol. The van der Waals surface area contributed by atoms with E-state index in [9.17, 15) is 4.79 Å². The zero-order chi connectivity index (χ0) is 11.5. The number of carbonyl (C=O) groups excluding carboxylic acids is 1. The quantitative estimate of drug-likeness (QED) is 0.655. The molecule has 0 N–H and O–H groups in total. The van der Waals surface area contributed by atoms with E-state index in [1.807, 2.05) is 0 Å². The Labute approximate surface area is 97.9 Å². The molecule has 0 aromatic carbocycles. The largest absolute Gasteiger partial charge is 0.294 e. The Hall–Kier alpha value is -1.11. The maximum absolute atomic E-state index is 12.3. The lowest BCUT2D eigenvalue weighted by molar-refractivity contribution is -0.119. The van der Waals surface area contributed by atoms with Gasteiger partial charge in [-0.2, -0.15) is 0 Å². The molecule has 16 heavy (non-hydrogen) atoms. The van der Waals surface area contributed by atoms with Crippen LogP contribution in [-0.4, -0.2) is 5.78 Å². The molecule has 2 unspecified atom stereocenters. The van der Waals surface area contributed by atoms with Gasteiger partial charge in [0.2, 0.25) is 0 Å². The Morgan fingerprint density at radius 1 is 1.50 bits per heavy atom. The van der Waals surface area contributed by atoms with Crippen molar-refractivity contribution in [2.24, 2.45) is 11.8 Å². The zero-order valence-electron chi connectivity index (χ0n) is 10.2. The smallest absolute Gasteiger partial charge is 0.162 e. The van der Waals surface area contributed by atoms with Gasteiger partial charge in [0.15, 0.2) is 5.78 Å². The normalized spacial score (nSPS) is 29.6. The summed E-state index contributed by atoms with van der Waals surface area (Å²) in [6.45, 7) is 4.18. The number of hydrogen-bond donors (Lipinski definition) is 0. The van der Waals surface area contributed by atoms with E-state index in [1.54, 1.807) is 0 Å². The fourth-order valence-corrected chi connectivity index (χ4v) is 2.72. The number of allylic oxidation sites excluding steroid dienone is 6. The molecule has 0 aromatic rings. The van der Waals surface area contributed by atoms with Gasteiger partial charge in [0.1, 0.15) is 0 Å². The summed E-state index contributed by atoms with van der Waals surface area (Å²) in [6.07, 6.45) is 12.8. The number of hydrogen-bond acceptors (Lipinski definition) is 1. The fraction of sp³-hybridized carbons (Fsp3) is 0.533. The minimum atomic E-state index is 0.181. The molecule has 2 aliphatic carbocycles. The first-order valence-corrected chi connectivity index (χ1v) is 6.26. The molecule has 2 rings (SSSR count). The van der Waals surface area contributed by atoms with Crippen LogP contribution in [0.5, 0.6) is 0 Å². The molecule has 0 heterocycles. The van der Waals surface area contributed by atoms with Crippen molar-refractivity contribution in [3.63, 3.8) is 0 Å². The molecule has 0 bridgehead atoms. The second kappa shape index (κ2) is 4.82. The van der Waals surface area contributed by atoms with Gasteiger partial charge >= 0.3 is 0 Å². The van der Waals surface area contributed by atoms with Gasteiger partial charge in [-0.15, -0.1) is 0 Å². The van der Waals surface area contributed by atoms with Crippen LogP contribution in [0.2, 0.25) is 0 Å². The molecule has 1 heteroatoms. The highest BCUT2D eigenvalue weighted by atomic mass is 16.1. The summed E-state index contributed by atoms with van der Waals surface area (Å²) in [6, 6.07) is 0. The Kier molecular flexibility index (Phi) is 3.42. The number of carbonyl (C=O) groups is 1. The molecule has 0 saturated heterocycles. The summed E-state index contributed by atoms with van der Waals surface area (Å²) in [5, 5.41) is 0. The van der Waals surface area contributed by atoms with Gasteiger partial charge in [0, 0.05) is 11.8 Å². The van der Waals surface area contributed by atoms with Crippen molar-refractivity contribution in [3.05, 3.63) is 35.5 Å². The van der Waals surface area contributed by atoms with Gasteiger partial charge in [-0.3, -0.25) is 4.79 Å². The minimum absolute atomic E-state index is 0.181.